The van der Waals surface area contributed by atoms with Gasteiger partial charge in [0, 0.05) is 17.8 Å². The van der Waals surface area contributed by atoms with Crippen LogP contribution in [0.4, 0.5) is 11.6 Å². The molecule has 4 aromatic rings. The molecule has 0 bridgehead atoms. The monoisotopic (exact) mass is 471 g/mol. The van der Waals surface area contributed by atoms with Crippen LogP contribution in [-0.2, 0) is 0 Å². The molecule has 1 saturated heterocycles. The number of hydrogen-bond donors (Lipinski definition) is 1. The van der Waals surface area contributed by atoms with Crippen LogP contribution in [0.3, 0.4) is 0 Å². The highest BCUT2D eigenvalue weighted by molar-refractivity contribution is 5.69. The lowest BCUT2D eigenvalue weighted by Crippen LogP contribution is -2.25. The summed E-state index contributed by atoms with van der Waals surface area (Å²) in [5, 5.41) is 8.06. The molecule has 35 heavy (non-hydrogen) atoms. The number of fused-ring (bicyclic) bond motifs is 2. The van der Waals surface area contributed by atoms with Gasteiger partial charge in [-0.05, 0) is 93.0 Å². The summed E-state index contributed by atoms with van der Waals surface area (Å²) in [6.45, 7) is 7.26. The third-order valence-electron chi connectivity index (χ3n) is 6.40. The van der Waals surface area contributed by atoms with Gasteiger partial charge in [0.15, 0.2) is 17.1 Å². The standard InChI is InChI=1S/C27H29N5O3/c1-19-16-23(20-4-9-24-25(18-20)35-15-14-34-24)32-26(17-19)29-27(30-32)28-21-5-7-22(8-6-21)33-13-12-31-10-2-3-11-31/h4-9,16-18H,2-3,10-15H2,1H3,(H,28,30). The van der Waals surface area contributed by atoms with Crippen LogP contribution in [-0.4, -0.2) is 59.0 Å². The number of likely N-dealkylation sites (tertiary alicyclic amines) is 1. The number of hydrogen-bond acceptors (Lipinski definition) is 7. The fraction of sp³-hybridized carbons (Fsp3) is 0.333. The van der Waals surface area contributed by atoms with Gasteiger partial charge in [0.1, 0.15) is 25.6 Å². The highest BCUT2D eigenvalue weighted by atomic mass is 16.6. The van der Waals surface area contributed by atoms with E-state index in [9.17, 15) is 0 Å². The minimum Gasteiger partial charge on any atom is -0.492 e. The van der Waals surface area contributed by atoms with Gasteiger partial charge < -0.3 is 19.5 Å². The van der Waals surface area contributed by atoms with Crippen molar-refractivity contribution in [3.05, 3.63) is 60.2 Å². The lowest BCUT2D eigenvalue weighted by molar-refractivity contribution is 0.171. The molecule has 0 unspecified atom stereocenters. The molecule has 0 aliphatic carbocycles. The van der Waals surface area contributed by atoms with Gasteiger partial charge in [-0.2, -0.15) is 4.98 Å². The van der Waals surface area contributed by atoms with Crippen molar-refractivity contribution in [3.8, 4) is 28.5 Å². The largest absolute Gasteiger partial charge is 0.492 e. The molecule has 4 heterocycles. The Bertz CT molecular complexity index is 1330. The van der Waals surface area contributed by atoms with Crippen LogP contribution in [0.5, 0.6) is 17.2 Å². The molecule has 0 amide bonds. The predicted molar refractivity (Wildman–Crippen MR) is 135 cm³/mol. The van der Waals surface area contributed by atoms with E-state index in [1.165, 1.54) is 25.9 Å². The van der Waals surface area contributed by atoms with Gasteiger partial charge in [0.2, 0.25) is 5.95 Å². The SMILES string of the molecule is Cc1cc(-c2ccc3c(c2)OCCO3)n2nc(Nc3ccc(OCCN4CCCC4)cc3)nc2c1. The number of benzene rings is 2. The zero-order valence-corrected chi connectivity index (χ0v) is 19.9. The number of nitrogens with one attached hydrogen (secondary N) is 1. The molecule has 1 N–H and O–H groups in total. The number of aryl methyl sites for hydroxylation is 1. The van der Waals surface area contributed by atoms with Crippen molar-refractivity contribution in [2.75, 3.05) is 44.8 Å². The van der Waals surface area contributed by atoms with Crippen molar-refractivity contribution in [1.29, 1.82) is 0 Å². The Labute approximate surface area is 204 Å². The van der Waals surface area contributed by atoms with Crippen LogP contribution in [0, 0.1) is 6.92 Å². The average Bonchev–Trinajstić information content (AvgIpc) is 3.54. The quantitative estimate of drug-likeness (QED) is 0.419. The molecule has 8 heteroatoms. The van der Waals surface area contributed by atoms with Crippen molar-refractivity contribution in [2.45, 2.75) is 19.8 Å². The van der Waals surface area contributed by atoms with Crippen molar-refractivity contribution in [2.24, 2.45) is 0 Å². The van der Waals surface area contributed by atoms with E-state index in [4.69, 9.17) is 24.3 Å². The predicted octanol–water partition coefficient (Wildman–Crippen LogP) is 4.69. The maximum atomic E-state index is 5.91. The molecular formula is C27H29N5O3. The number of rotatable bonds is 7. The summed E-state index contributed by atoms with van der Waals surface area (Å²) in [5.74, 6) is 2.93. The summed E-state index contributed by atoms with van der Waals surface area (Å²) < 4.78 is 19.2. The first-order chi connectivity index (χ1) is 17.2. The zero-order chi connectivity index (χ0) is 23.6. The van der Waals surface area contributed by atoms with Crippen LogP contribution in [0.1, 0.15) is 18.4 Å². The van der Waals surface area contributed by atoms with Crippen molar-refractivity contribution < 1.29 is 14.2 Å². The Balaban J connectivity index is 1.19. The Morgan fingerprint density at radius 2 is 1.74 bits per heavy atom. The van der Waals surface area contributed by atoms with Gasteiger partial charge in [0.25, 0.3) is 0 Å². The third kappa shape index (κ3) is 4.74. The second kappa shape index (κ2) is 9.46. The number of ether oxygens (including phenoxy) is 3. The number of anilines is 2. The Kier molecular flexibility index (Phi) is 5.88. The summed E-state index contributed by atoms with van der Waals surface area (Å²) in [7, 11) is 0. The van der Waals surface area contributed by atoms with E-state index < -0.39 is 0 Å². The van der Waals surface area contributed by atoms with E-state index in [1.54, 1.807) is 0 Å². The fourth-order valence-corrected chi connectivity index (χ4v) is 4.64. The van der Waals surface area contributed by atoms with Crippen LogP contribution in [0.25, 0.3) is 16.9 Å². The van der Waals surface area contributed by atoms with E-state index in [2.05, 4.69) is 23.2 Å². The van der Waals surface area contributed by atoms with Crippen molar-refractivity contribution in [3.63, 3.8) is 0 Å². The smallest absolute Gasteiger partial charge is 0.247 e. The zero-order valence-electron chi connectivity index (χ0n) is 19.9. The summed E-state index contributed by atoms with van der Waals surface area (Å²) in [4.78, 5) is 7.16. The number of aromatic nitrogens is 3. The minimum atomic E-state index is 0.539. The lowest BCUT2D eigenvalue weighted by atomic mass is 10.1. The molecular weight excluding hydrogens is 442 g/mol. The van der Waals surface area contributed by atoms with E-state index in [0.29, 0.717) is 25.8 Å². The first-order valence-corrected chi connectivity index (χ1v) is 12.2. The van der Waals surface area contributed by atoms with E-state index in [0.717, 1.165) is 51.9 Å². The normalized spacial score (nSPS) is 15.5. The third-order valence-corrected chi connectivity index (χ3v) is 6.40. The molecule has 8 nitrogen and oxygen atoms in total. The lowest BCUT2D eigenvalue weighted by Gasteiger charge is -2.19. The second-order valence-corrected chi connectivity index (χ2v) is 9.03. The number of nitrogens with zero attached hydrogens (tertiary/aromatic N) is 4. The van der Waals surface area contributed by atoms with E-state index in [1.807, 2.05) is 53.0 Å². The van der Waals surface area contributed by atoms with Crippen molar-refractivity contribution >= 4 is 17.3 Å². The first kappa shape index (κ1) is 21.7. The van der Waals surface area contributed by atoms with Crippen LogP contribution in [0.2, 0.25) is 0 Å². The molecule has 2 aromatic carbocycles. The van der Waals surface area contributed by atoms with Gasteiger partial charge in [-0.25, -0.2) is 4.52 Å². The first-order valence-electron chi connectivity index (χ1n) is 12.2. The van der Waals surface area contributed by atoms with Gasteiger partial charge in [0.05, 0.1) is 5.69 Å². The molecule has 1 fully saturated rings. The summed E-state index contributed by atoms with van der Waals surface area (Å²) in [6, 6.07) is 18.0. The highest BCUT2D eigenvalue weighted by Crippen LogP contribution is 2.35. The molecule has 0 spiro atoms. The molecule has 0 saturated carbocycles. The number of pyridine rings is 1. The molecule has 6 rings (SSSR count). The van der Waals surface area contributed by atoms with E-state index >= 15 is 0 Å². The van der Waals surface area contributed by atoms with Gasteiger partial charge in [-0.1, -0.05) is 0 Å². The Morgan fingerprint density at radius 3 is 2.57 bits per heavy atom. The minimum absolute atomic E-state index is 0.539. The van der Waals surface area contributed by atoms with Crippen LogP contribution < -0.4 is 19.5 Å². The molecule has 0 radical (unpaired) electrons. The molecule has 180 valence electrons. The molecule has 0 atom stereocenters. The maximum absolute atomic E-state index is 5.91. The van der Waals surface area contributed by atoms with Crippen LogP contribution >= 0.6 is 0 Å². The molecule has 2 aromatic heterocycles. The Morgan fingerprint density at radius 1 is 0.943 bits per heavy atom. The summed E-state index contributed by atoms with van der Waals surface area (Å²) in [5.41, 5.74) is 4.73. The van der Waals surface area contributed by atoms with E-state index in [-0.39, 0.29) is 0 Å². The topological polar surface area (TPSA) is 73.2 Å². The fourth-order valence-electron chi connectivity index (χ4n) is 4.64. The van der Waals surface area contributed by atoms with Crippen molar-refractivity contribution in [1.82, 2.24) is 19.5 Å². The molecule has 2 aliphatic rings. The Hall–Kier alpha value is -3.78. The summed E-state index contributed by atoms with van der Waals surface area (Å²) >= 11 is 0. The second-order valence-electron chi connectivity index (χ2n) is 9.03. The maximum Gasteiger partial charge on any atom is 0.247 e. The van der Waals surface area contributed by atoms with Gasteiger partial charge >= 0.3 is 0 Å². The molecule has 2 aliphatic heterocycles. The van der Waals surface area contributed by atoms with Gasteiger partial charge in [-0.15, -0.1) is 5.10 Å². The van der Waals surface area contributed by atoms with Crippen LogP contribution in [0.15, 0.2) is 54.6 Å². The van der Waals surface area contributed by atoms with Gasteiger partial charge in [-0.3, -0.25) is 4.90 Å². The highest BCUT2D eigenvalue weighted by Gasteiger charge is 2.16. The average molecular weight is 472 g/mol. The summed E-state index contributed by atoms with van der Waals surface area (Å²) in [6.07, 6.45) is 2.60.